The fourth-order valence-corrected chi connectivity index (χ4v) is 3.06. The number of amides is 2. The average molecular weight is 424 g/mol. The summed E-state index contributed by atoms with van der Waals surface area (Å²) in [6, 6.07) is 12.9. The normalized spacial score (nSPS) is 10.7. The molecule has 30 heavy (non-hydrogen) atoms. The molecule has 3 rings (SSSR count). The van der Waals surface area contributed by atoms with Gasteiger partial charge in [-0.05, 0) is 19.1 Å². The van der Waals surface area contributed by atoms with E-state index in [1.807, 2.05) is 19.1 Å². The number of aryl methyl sites for hydroxylation is 1. The summed E-state index contributed by atoms with van der Waals surface area (Å²) >= 11 is 1.08. The summed E-state index contributed by atoms with van der Waals surface area (Å²) in [7, 11) is 0. The Labute approximate surface area is 174 Å². The predicted molar refractivity (Wildman–Crippen MR) is 112 cm³/mol. The zero-order valence-corrected chi connectivity index (χ0v) is 16.5. The summed E-state index contributed by atoms with van der Waals surface area (Å²) in [6.45, 7) is 1.93. The lowest BCUT2D eigenvalue weighted by Gasteiger charge is -2.01. The van der Waals surface area contributed by atoms with Crippen LogP contribution in [0, 0.1) is 17.0 Å². The van der Waals surface area contributed by atoms with Gasteiger partial charge in [-0.3, -0.25) is 25.0 Å². The van der Waals surface area contributed by atoms with Gasteiger partial charge in [0.05, 0.1) is 17.6 Å². The van der Waals surface area contributed by atoms with Crippen LogP contribution in [-0.4, -0.2) is 33.1 Å². The van der Waals surface area contributed by atoms with Gasteiger partial charge in [0.25, 0.3) is 11.6 Å². The van der Waals surface area contributed by atoms with Crippen molar-refractivity contribution in [1.29, 1.82) is 0 Å². The first-order chi connectivity index (χ1) is 14.4. The van der Waals surface area contributed by atoms with Crippen LogP contribution in [0.4, 0.5) is 10.8 Å². The fraction of sp³-hybridized carbons (Fsp3) is 0.105. The molecule has 0 fully saturated rings. The number of carbonyl (C=O) groups is 2. The first-order valence-electron chi connectivity index (χ1n) is 8.67. The van der Waals surface area contributed by atoms with Gasteiger partial charge >= 0.3 is 0 Å². The van der Waals surface area contributed by atoms with E-state index in [9.17, 15) is 19.7 Å². The van der Waals surface area contributed by atoms with Crippen LogP contribution in [0.5, 0.6) is 0 Å². The highest BCUT2D eigenvalue weighted by Gasteiger charge is 2.12. The van der Waals surface area contributed by atoms with Gasteiger partial charge in [0, 0.05) is 23.3 Å². The van der Waals surface area contributed by atoms with Crippen molar-refractivity contribution in [3.05, 3.63) is 80.3 Å². The summed E-state index contributed by atoms with van der Waals surface area (Å²) in [5, 5.41) is 25.6. The van der Waals surface area contributed by atoms with E-state index in [4.69, 9.17) is 0 Å². The molecule has 3 aromatic rings. The Morgan fingerprint density at radius 2 is 1.97 bits per heavy atom. The summed E-state index contributed by atoms with van der Waals surface area (Å²) in [5.41, 5.74) is 4.26. The number of rotatable bonds is 7. The van der Waals surface area contributed by atoms with Crippen molar-refractivity contribution < 1.29 is 14.5 Å². The third-order valence-electron chi connectivity index (χ3n) is 3.80. The molecule has 2 N–H and O–H groups in total. The number of hydrogen-bond acceptors (Lipinski definition) is 8. The Bertz CT molecular complexity index is 1110. The molecule has 11 heteroatoms. The van der Waals surface area contributed by atoms with Crippen LogP contribution in [0.1, 0.15) is 26.5 Å². The van der Waals surface area contributed by atoms with E-state index in [1.54, 1.807) is 18.2 Å². The van der Waals surface area contributed by atoms with Crippen molar-refractivity contribution >= 4 is 40.2 Å². The monoisotopic (exact) mass is 424 g/mol. The highest BCUT2D eigenvalue weighted by Crippen LogP contribution is 2.17. The van der Waals surface area contributed by atoms with Gasteiger partial charge in [-0.25, -0.2) is 5.43 Å². The zero-order valence-electron chi connectivity index (χ0n) is 15.7. The minimum atomic E-state index is -0.513. The van der Waals surface area contributed by atoms with E-state index in [1.165, 1.54) is 24.4 Å². The maximum absolute atomic E-state index is 12.2. The van der Waals surface area contributed by atoms with E-state index < -0.39 is 10.8 Å². The predicted octanol–water partition coefficient (Wildman–Crippen LogP) is 2.70. The fourth-order valence-electron chi connectivity index (χ4n) is 2.32. The molecule has 0 radical (unpaired) electrons. The number of hydrogen-bond donors (Lipinski definition) is 2. The van der Waals surface area contributed by atoms with Crippen LogP contribution in [0.2, 0.25) is 0 Å². The number of nitrogens with one attached hydrogen (secondary N) is 2. The highest BCUT2D eigenvalue weighted by molar-refractivity contribution is 7.15. The number of nitro benzene ring substituents is 1. The Kier molecular flexibility index (Phi) is 6.55. The lowest BCUT2D eigenvalue weighted by molar-refractivity contribution is -0.384. The van der Waals surface area contributed by atoms with E-state index in [0.29, 0.717) is 16.1 Å². The third-order valence-corrected chi connectivity index (χ3v) is 4.64. The van der Waals surface area contributed by atoms with Crippen molar-refractivity contribution in [2.75, 3.05) is 5.32 Å². The first kappa shape index (κ1) is 20.7. The number of carbonyl (C=O) groups excluding carboxylic acids is 2. The van der Waals surface area contributed by atoms with Crippen molar-refractivity contribution in [1.82, 2.24) is 15.6 Å². The van der Waals surface area contributed by atoms with Gasteiger partial charge in [-0.2, -0.15) is 5.10 Å². The number of non-ortho nitro benzene ring substituents is 1. The minimum absolute atomic E-state index is 0.0700. The highest BCUT2D eigenvalue weighted by atomic mass is 32.1. The molecule has 0 spiro atoms. The summed E-state index contributed by atoms with van der Waals surface area (Å²) in [6.07, 6.45) is 1.22. The Morgan fingerprint density at radius 1 is 1.20 bits per heavy atom. The van der Waals surface area contributed by atoms with Crippen molar-refractivity contribution in [2.45, 2.75) is 13.3 Å². The molecule has 0 saturated heterocycles. The second kappa shape index (κ2) is 9.47. The lowest BCUT2D eigenvalue weighted by atomic mass is 10.1. The van der Waals surface area contributed by atoms with Crippen LogP contribution < -0.4 is 10.7 Å². The molecule has 0 atom stereocenters. The maximum atomic E-state index is 12.2. The molecule has 152 valence electrons. The van der Waals surface area contributed by atoms with Crippen LogP contribution in [0.15, 0.2) is 53.6 Å². The van der Waals surface area contributed by atoms with Gasteiger partial charge in [0.1, 0.15) is 5.01 Å². The van der Waals surface area contributed by atoms with Crippen LogP contribution in [0.25, 0.3) is 0 Å². The number of aromatic nitrogens is 2. The van der Waals surface area contributed by atoms with Gasteiger partial charge in [-0.1, -0.05) is 41.2 Å². The number of benzene rings is 2. The second-order valence-electron chi connectivity index (χ2n) is 6.14. The Balaban J connectivity index is 1.52. The van der Waals surface area contributed by atoms with Crippen LogP contribution in [-0.2, 0) is 11.2 Å². The molecule has 10 nitrogen and oxygen atoms in total. The standard InChI is InChI=1S/C19H16N6O4S/c1-12-5-7-14(8-6-12)18(27)21-19-24-23-17(30-19)10-16(26)22-20-11-13-3-2-4-15(9-13)25(28)29/h2-9,11H,10H2,1H3,(H,22,26)(H,21,24,27)/b20-11-. The lowest BCUT2D eigenvalue weighted by Crippen LogP contribution is -2.19. The molecule has 0 bridgehead atoms. The van der Waals surface area contributed by atoms with E-state index in [2.05, 4.69) is 26.0 Å². The van der Waals surface area contributed by atoms with Crippen molar-refractivity contribution in [3.8, 4) is 0 Å². The largest absolute Gasteiger partial charge is 0.296 e. The minimum Gasteiger partial charge on any atom is -0.296 e. The van der Waals surface area contributed by atoms with E-state index >= 15 is 0 Å². The Hall–Kier alpha value is -3.99. The molecule has 2 amide bonds. The summed E-state index contributed by atoms with van der Waals surface area (Å²) in [4.78, 5) is 34.4. The molecule has 2 aromatic carbocycles. The molecular formula is C19H16N6O4S. The van der Waals surface area contributed by atoms with Gasteiger partial charge < -0.3 is 0 Å². The van der Waals surface area contributed by atoms with Crippen LogP contribution >= 0.6 is 11.3 Å². The third kappa shape index (κ3) is 5.75. The zero-order chi connectivity index (χ0) is 21.5. The van der Waals surface area contributed by atoms with Gasteiger partial charge in [-0.15, -0.1) is 10.2 Å². The molecule has 0 unspecified atom stereocenters. The van der Waals surface area contributed by atoms with E-state index in [-0.39, 0.29) is 23.1 Å². The maximum Gasteiger partial charge on any atom is 0.270 e. The van der Waals surface area contributed by atoms with Gasteiger partial charge in [0.2, 0.25) is 11.0 Å². The van der Waals surface area contributed by atoms with Gasteiger partial charge in [0.15, 0.2) is 0 Å². The molecular weight excluding hydrogens is 408 g/mol. The van der Waals surface area contributed by atoms with Crippen LogP contribution in [0.3, 0.4) is 0 Å². The number of nitro groups is 1. The van der Waals surface area contributed by atoms with Crippen molar-refractivity contribution in [3.63, 3.8) is 0 Å². The SMILES string of the molecule is Cc1ccc(C(=O)Nc2nnc(CC(=O)N/N=C\c3cccc([N+](=O)[O-])c3)s2)cc1. The van der Waals surface area contributed by atoms with E-state index in [0.717, 1.165) is 16.9 Å². The quantitative estimate of drug-likeness (QED) is 0.339. The molecule has 0 aliphatic rings. The number of anilines is 1. The number of nitrogens with zero attached hydrogens (tertiary/aromatic N) is 4. The second-order valence-corrected chi connectivity index (χ2v) is 7.21. The molecule has 0 aliphatic heterocycles. The molecule has 1 aromatic heterocycles. The van der Waals surface area contributed by atoms with Crippen molar-refractivity contribution in [2.24, 2.45) is 5.10 Å². The first-order valence-corrected chi connectivity index (χ1v) is 9.49. The molecule has 0 saturated carbocycles. The smallest absolute Gasteiger partial charge is 0.270 e. The number of hydrazone groups is 1. The Morgan fingerprint density at radius 3 is 2.70 bits per heavy atom. The topological polar surface area (TPSA) is 139 Å². The molecule has 1 heterocycles. The average Bonchev–Trinajstić information content (AvgIpc) is 3.15. The molecule has 0 aliphatic carbocycles. The summed E-state index contributed by atoms with van der Waals surface area (Å²) < 4.78 is 0. The summed E-state index contributed by atoms with van der Waals surface area (Å²) in [5.74, 6) is -0.757.